The molecule has 0 N–H and O–H groups in total. The largest absolute Gasteiger partial charge is 0.455 e. The van der Waals surface area contributed by atoms with E-state index in [1.165, 1.54) is 29.7 Å². The Kier molecular flexibility index (Phi) is 4.22. The van der Waals surface area contributed by atoms with E-state index in [9.17, 15) is 9.18 Å². The van der Waals surface area contributed by atoms with Crippen LogP contribution in [0.15, 0.2) is 46.4 Å². The second-order valence-corrected chi connectivity index (χ2v) is 5.71. The van der Waals surface area contributed by atoms with Crippen LogP contribution in [-0.4, -0.2) is 11.0 Å². The molecule has 0 atom stereocenters. The first kappa shape index (κ1) is 14.7. The minimum Gasteiger partial charge on any atom is -0.455 e. The van der Waals surface area contributed by atoms with Gasteiger partial charge >= 0.3 is 5.97 Å². The van der Waals surface area contributed by atoms with E-state index in [0.29, 0.717) is 11.6 Å². The highest BCUT2D eigenvalue weighted by Gasteiger charge is 2.15. The quantitative estimate of drug-likeness (QED) is 0.655. The van der Waals surface area contributed by atoms with Crippen molar-refractivity contribution >= 4 is 28.9 Å². The van der Waals surface area contributed by atoms with Crippen molar-refractivity contribution in [3.63, 3.8) is 0 Å². The molecule has 2 aromatic heterocycles. The number of oxazole rings is 1. The number of benzene rings is 1. The van der Waals surface area contributed by atoms with Crippen molar-refractivity contribution in [3.05, 3.63) is 64.1 Å². The van der Waals surface area contributed by atoms with Gasteiger partial charge in [-0.2, -0.15) is 0 Å². The molecule has 0 amide bonds. The molecule has 0 radical (unpaired) electrons. The van der Waals surface area contributed by atoms with E-state index < -0.39 is 11.8 Å². The number of aromatic nitrogens is 1. The van der Waals surface area contributed by atoms with Crippen LogP contribution in [0.3, 0.4) is 0 Å². The summed E-state index contributed by atoms with van der Waals surface area (Å²) >= 11 is 7.22. The Balaban J connectivity index is 1.67. The Bertz CT molecular complexity index is 801. The van der Waals surface area contributed by atoms with Crippen molar-refractivity contribution in [3.8, 4) is 10.8 Å². The molecule has 0 fully saturated rings. The summed E-state index contributed by atoms with van der Waals surface area (Å²) < 4.78 is 23.9. The van der Waals surface area contributed by atoms with Gasteiger partial charge in [0.25, 0.3) is 0 Å². The number of ether oxygens (including phenoxy) is 1. The van der Waals surface area contributed by atoms with E-state index in [1.54, 1.807) is 0 Å². The predicted octanol–water partition coefficient (Wildman–Crippen LogP) is 4.55. The summed E-state index contributed by atoms with van der Waals surface area (Å²) in [4.78, 5) is 16.9. The summed E-state index contributed by atoms with van der Waals surface area (Å²) in [6.07, 6.45) is 1.40. The summed E-state index contributed by atoms with van der Waals surface area (Å²) in [5, 5.41) is 2.16. The van der Waals surface area contributed by atoms with Crippen molar-refractivity contribution in [1.82, 2.24) is 4.98 Å². The van der Waals surface area contributed by atoms with E-state index >= 15 is 0 Å². The molecule has 22 heavy (non-hydrogen) atoms. The van der Waals surface area contributed by atoms with Gasteiger partial charge in [0.1, 0.15) is 24.4 Å². The molecule has 2 heterocycles. The molecular weight excluding hydrogens is 329 g/mol. The lowest BCUT2D eigenvalue weighted by molar-refractivity contribution is 0.0462. The third kappa shape index (κ3) is 3.18. The van der Waals surface area contributed by atoms with Crippen LogP contribution in [0.4, 0.5) is 4.39 Å². The Morgan fingerprint density at radius 1 is 1.41 bits per heavy atom. The molecular formula is C15H9ClFNO3S. The molecule has 7 heteroatoms. The maximum absolute atomic E-state index is 13.5. The summed E-state index contributed by atoms with van der Waals surface area (Å²) in [5.74, 6) is -1.04. The molecule has 0 aliphatic rings. The third-order valence-electron chi connectivity index (χ3n) is 2.78. The fourth-order valence-electron chi connectivity index (χ4n) is 1.76. The van der Waals surface area contributed by atoms with Gasteiger partial charge in [0, 0.05) is 5.02 Å². The molecule has 3 rings (SSSR count). The summed E-state index contributed by atoms with van der Waals surface area (Å²) in [5.41, 5.74) is 0.230. The van der Waals surface area contributed by atoms with E-state index in [-0.39, 0.29) is 17.2 Å². The van der Waals surface area contributed by atoms with Crippen LogP contribution in [0.2, 0.25) is 5.02 Å². The van der Waals surface area contributed by atoms with E-state index in [1.807, 2.05) is 17.5 Å². The van der Waals surface area contributed by atoms with Crippen LogP contribution < -0.4 is 0 Å². The van der Waals surface area contributed by atoms with Gasteiger partial charge < -0.3 is 9.15 Å². The number of thiophene rings is 1. The second-order valence-electron chi connectivity index (χ2n) is 4.32. The molecule has 0 aliphatic heterocycles. The van der Waals surface area contributed by atoms with Gasteiger partial charge in [0.2, 0.25) is 5.89 Å². The third-order valence-corrected chi connectivity index (χ3v) is 3.88. The normalized spacial score (nSPS) is 10.6. The smallest absolute Gasteiger partial charge is 0.341 e. The van der Waals surface area contributed by atoms with Crippen LogP contribution in [0.5, 0.6) is 0 Å². The summed E-state index contributed by atoms with van der Waals surface area (Å²) in [7, 11) is 0. The average molecular weight is 338 g/mol. The number of hydrogen-bond donors (Lipinski definition) is 0. The molecule has 1 aromatic carbocycles. The van der Waals surface area contributed by atoms with Gasteiger partial charge in [-0.1, -0.05) is 17.7 Å². The topological polar surface area (TPSA) is 52.3 Å². The minimum absolute atomic E-state index is 0.111. The van der Waals surface area contributed by atoms with Crippen LogP contribution in [-0.2, 0) is 11.3 Å². The number of carbonyl (C=O) groups excluding carboxylic acids is 1. The SMILES string of the molecule is O=C(OCc1coc(-c2cccs2)n1)c1cc(Cl)ccc1F. The standard InChI is InChI=1S/C15H9ClFNO3S/c16-9-3-4-12(17)11(6-9)15(19)21-8-10-7-20-14(18-10)13-2-1-5-22-13/h1-7H,8H2. The van der Waals surface area contributed by atoms with Crippen molar-refractivity contribution in [1.29, 1.82) is 0 Å². The lowest BCUT2D eigenvalue weighted by Gasteiger charge is -2.04. The number of nitrogens with zero attached hydrogens (tertiary/aromatic N) is 1. The lowest BCUT2D eigenvalue weighted by atomic mass is 10.2. The lowest BCUT2D eigenvalue weighted by Crippen LogP contribution is -2.07. The molecule has 0 unspecified atom stereocenters. The first-order valence-corrected chi connectivity index (χ1v) is 7.49. The van der Waals surface area contributed by atoms with Crippen molar-refractivity contribution < 1.29 is 18.3 Å². The van der Waals surface area contributed by atoms with E-state index in [2.05, 4.69) is 4.98 Å². The van der Waals surface area contributed by atoms with Gasteiger partial charge in [-0.3, -0.25) is 0 Å². The molecule has 4 nitrogen and oxygen atoms in total. The summed E-state index contributed by atoms with van der Waals surface area (Å²) in [6.45, 7) is -0.111. The monoisotopic (exact) mass is 337 g/mol. The number of carbonyl (C=O) groups is 1. The number of hydrogen-bond acceptors (Lipinski definition) is 5. The Morgan fingerprint density at radius 3 is 3.05 bits per heavy atom. The second kappa shape index (κ2) is 6.29. The van der Waals surface area contributed by atoms with Gasteiger partial charge in [-0.05, 0) is 29.6 Å². The fourth-order valence-corrected chi connectivity index (χ4v) is 2.59. The zero-order valence-electron chi connectivity index (χ0n) is 11.1. The Labute approximate surface area is 134 Å². The summed E-state index contributed by atoms with van der Waals surface area (Å²) in [6, 6.07) is 7.45. The van der Waals surface area contributed by atoms with Crippen LogP contribution >= 0.6 is 22.9 Å². The molecule has 112 valence electrons. The maximum atomic E-state index is 13.5. The first-order chi connectivity index (χ1) is 10.6. The molecule has 3 aromatic rings. The van der Waals surface area contributed by atoms with E-state index in [0.717, 1.165) is 10.9 Å². The zero-order chi connectivity index (χ0) is 15.5. The van der Waals surface area contributed by atoms with Crippen molar-refractivity contribution in [2.24, 2.45) is 0 Å². The zero-order valence-corrected chi connectivity index (χ0v) is 12.7. The highest BCUT2D eigenvalue weighted by molar-refractivity contribution is 7.13. The van der Waals surface area contributed by atoms with Crippen LogP contribution in [0.1, 0.15) is 16.1 Å². The van der Waals surface area contributed by atoms with Crippen LogP contribution in [0, 0.1) is 5.82 Å². The molecule has 0 saturated heterocycles. The first-order valence-electron chi connectivity index (χ1n) is 6.24. The number of rotatable bonds is 4. The number of halogens is 2. The highest BCUT2D eigenvalue weighted by atomic mass is 35.5. The maximum Gasteiger partial charge on any atom is 0.341 e. The van der Waals surface area contributed by atoms with Gasteiger partial charge in [0.05, 0.1) is 10.4 Å². The van der Waals surface area contributed by atoms with Crippen molar-refractivity contribution in [2.75, 3.05) is 0 Å². The Morgan fingerprint density at radius 2 is 2.27 bits per heavy atom. The molecule has 0 aliphatic carbocycles. The van der Waals surface area contributed by atoms with Crippen LogP contribution in [0.25, 0.3) is 10.8 Å². The average Bonchev–Trinajstić information content (AvgIpc) is 3.17. The van der Waals surface area contributed by atoms with Crippen molar-refractivity contribution in [2.45, 2.75) is 6.61 Å². The van der Waals surface area contributed by atoms with E-state index in [4.69, 9.17) is 20.8 Å². The van der Waals surface area contributed by atoms with Gasteiger partial charge in [-0.15, -0.1) is 11.3 Å². The predicted molar refractivity (Wildman–Crippen MR) is 80.3 cm³/mol. The van der Waals surface area contributed by atoms with Gasteiger partial charge in [0.15, 0.2) is 0 Å². The number of esters is 1. The minimum atomic E-state index is -0.805. The Hall–Kier alpha value is -2.18. The molecule has 0 spiro atoms. The molecule has 0 saturated carbocycles. The molecule has 0 bridgehead atoms. The highest BCUT2D eigenvalue weighted by Crippen LogP contribution is 2.24. The fraction of sp³-hybridized carbons (Fsp3) is 0.0667. The van der Waals surface area contributed by atoms with Gasteiger partial charge in [-0.25, -0.2) is 14.2 Å².